The van der Waals surface area contributed by atoms with Crippen LogP contribution in [0.2, 0.25) is 0 Å². The molecule has 27 heavy (non-hydrogen) atoms. The van der Waals surface area contributed by atoms with E-state index in [2.05, 4.69) is 4.99 Å². The number of thioether (sulfide) groups is 1. The van der Waals surface area contributed by atoms with E-state index < -0.39 is 38.9 Å². The lowest BCUT2D eigenvalue weighted by Gasteiger charge is -2.26. The highest BCUT2D eigenvalue weighted by Crippen LogP contribution is 2.42. The first-order chi connectivity index (χ1) is 12.3. The molecule has 0 aliphatic carbocycles. The Morgan fingerprint density at radius 3 is 2.48 bits per heavy atom. The van der Waals surface area contributed by atoms with Gasteiger partial charge < -0.3 is 4.90 Å². The predicted octanol–water partition coefficient (Wildman–Crippen LogP) is 3.35. The fourth-order valence-corrected chi connectivity index (χ4v) is 6.87. The molecular formula is C17H19F3N2O3S2. The second-order valence-corrected chi connectivity index (χ2v) is 11.0. The molecular weight excluding hydrogens is 401 g/mol. The lowest BCUT2D eigenvalue weighted by Crippen LogP contribution is -2.38. The number of alkyl halides is 3. The molecule has 2 atom stereocenters. The van der Waals surface area contributed by atoms with Crippen LogP contribution in [-0.2, 0) is 20.8 Å². The van der Waals surface area contributed by atoms with Crippen molar-refractivity contribution in [2.45, 2.75) is 38.2 Å². The number of hydrogen-bond acceptors (Lipinski definition) is 4. The molecule has 148 valence electrons. The zero-order valence-electron chi connectivity index (χ0n) is 14.9. The van der Waals surface area contributed by atoms with E-state index in [1.807, 2.05) is 0 Å². The molecule has 0 spiro atoms. The quantitative estimate of drug-likeness (QED) is 0.697. The molecule has 0 N–H and O–H groups in total. The van der Waals surface area contributed by atoms with Gasteiger partial charge in [0.05, 0.1) is 23.1 Å². The summed E-state index contributed by atoms with van der Waals surface area (Å²) >= 11 is 1.14. The first-order valence-corrected chi connectivity index (χ1v) is 10.9. The van der Waals surface area contributed by atoms with Crippen LogP contribution in [0, 0.1) is 5.41 Å². The number of rotatable bonds is 1. The number of carbonyl (C=O) groups is 1. The van der Waals surface area contributed by atoms with Crippen molar-refractivity contribution in [2.75, 3.05) is 16.4 Å². The third-order valence-electron chi connectivity index (χ3n) is 4.36. The molecule has 2 fully saturated rings. The van der Waals surface area contributed by atoms with Gasteiger partial charge in [-0.15, -0.1) is 0 Å². The number of nitrogens with zero attached hydrogens (tertiary/aromatic N) is 2. The van der Waals surface area contributed by atoms with Gasteiger partial charge in [0, 0.05) is 16.4 Å². The van der Waals surface area contributed by atoms with Crippen molar-refractivity contribution in [3.63, 3.8) is 0 Å². The van der Waals surface area contributed by atoms with E-state index in [0.29, 0.717) is 0 Å². The standard InChI is InChI=1S/C17H19F3N2O3S2/c1-16(2,3)14(23)21-15-22(12-8-27(24,25)9-13(12)26-15)11-6-4-5-10(7-11)17(18,19)20/h4-7,12-13H,8-9H2,1-3H3/t12-,13+/m0/s1. The number of amides is 1. The van der Waals surface area contributed by atoms with Gasteiger partial charge in [-0.1, -0.05) is 38.6 Å². The van der Waals surface area contributed by atoms with Gasteiger partial charge >= 0.3 is 6.18 Å². The van der Waals surface area contributed by atoms with E-state index >= 15 is 0 Å². The Hall–Kier alpha value is -1.55. The molecule has 0 unspecified atom stereocenters. The largest absolute Gasteiger partial charge is 0.416 e. The molecule has 10 heteroatoms. The topological polar surface area (TPSA) is 66.8 Å². The average Bonchev–Trinajstić information content (AvgIpc) is 2.96. The van der Waals surface area contributed by atoms with E-state index in [1.165, 1.54) is 17.0 Å². The number of carbonyl (C=O) groups excluding carboxylic acids is 1. The van der Waals surface area contributed by atoms with Crippen molar-refractivity contribution in [3.8, 4) is 0 Å². The summed E-state index contributed by atoms with van der Waals surface area (Å²) < 4.78 is 63.3. The van der Waals surface area contributed by atoms with Gasteiger partial charge in [-0.3, -0.25) is 4.79 Å². The maximum absolute atomic E-state index is 13.1. The summed E-state index contributed by atoms with van der Waals surface area (Å²) in [6.07, 6.45) is -4.53. The average molecular weight is 420 g/mol. The smallest absolute Gasteiger partial charge is 0.316 e. The number of fused-ring (bicyclic) bond motifs is 1. The third kappa shape index (κ3) is 4.16. The summed E-state index contributed by atoms with van der Waals surface area (Å²) in [6.45, 7) is 5.08. The molecule has 2 saturated heterocycles. The Kier molecular flexibility index (Phi) is 4.87. The summed E-state index contributed by atoms with van der Waals surface area (Å²) in [6, 6.07) is 4.11. The minimum atomic E-state index is -4.53. The zero-order chi connectivity index (χ0) is 20.2. The van der Waals surface area contributed by atoms with E-state index in [-0.39, 0.29) is 27.6 Å². The summed E-state index contributed by atoms with van der Waals surface area (Å²) in [5, 5.41) is -0.116. The summed E-state index contributed by atoms with van der Waals surface area (Å²) in [4.78, 5) is 17.9. The van der Waals surface area contributed by atoms with Crippen molar-refractivity contribution in [1.29, 1.82) is 0 Å². The summed E-state index contributed by atoms with van der Waals surface area (Å²) in [5.41, 5.74) is -1.41. The number of hydrogen-bond donors (Lipinski definition) is 0. The SMILES string of the molecule is CC(C)(C)C(=O)N=C1S[C@@H]2CS(=O)(=O)C[C@@H]2N1c1cccc(C(F)(F)F)c1. The Morgan fingerprint density at radius 2 is 1.89 bits per heavy atom. The van der Waals surface area contributed by atoms with Crippen LogP contribution in [0.5, 0.6) is 0 Å². The molecule has 1 aromatic rings. The van der Waals surface area contributed by atoms with Gasteiger partial charge in [0.25, 0.3) is 5.91 Å². The van der Waals surface area contributed by atoms with Crippen LogP contribution in [0.1, 0.15) is 26.3 Å². The minimum absolute atomic E-state index is 0.0828. The van der Waals surface area contributed by atoms with Crippen LogP contribution in [0.25, 0.3) is 0 Å². The lowest BCUT2D eigenvalue weighted by atomic mass is 9.96. The normalized spacial score (nSPS) is 26.4. The molecule has 0 bridgehead atoms. The highest BCUT2D eigenvalue weighted by molar-refractivity contribution is 8.16. The van der Waals surface area contributed by atoms with Crippen molar-refractivity contribution in [2.24, 2.45) is 10.4 Å². The first kappa shape index (κ1) is 20.2. The second-order valence-electron chi connectivity index (χ2n) is 7.67. The van der Waals surface area contributed by atoms with Crippen molar-refractivity contribution >= 4 is 38.4 Å². The highest BCUT2D eigenvalue weighted by Gasteiger charge is 2.50. The summed E-state index contributed by atoms with van der Waals surface area (Å²) in [7, 11) is -3.29. The van der Waals surface area contributed by atoms with Gasteiger partial charge in [0.15, 0.2) is 15.0 Å². The predicted molar refractivity (Wildman–Crippen MR) is 99.6 cm³/mol. The second kappa shape index (κ2) is 6.51. The minimum Gasteiger partial charge on any atom is -0.316 e. The van der Waals surface area contributed by atoms with Crippen LogP contribution in [0.15, 0.2) is 29.3 Å². The molecule has 3 rings (SSSR count). The lowest BCUT2D eigenvalue weighted by molar-refractivity contribution is -0.137. The van der Waals surface area contributed by atoms with Crippen LogP contribution >= 0.6 is 11.8 Å². The van der Waals surface area contributed by atoms with E-state index in [4.69, 9.17) is 0 Å². The van der Waals surface area contributed by atoms with Gasteiger partial charge in [-0.2, -0.15) is 18.2 Å². The summed E-state index contributed by atoms with van der Waals surface area (Å²) in [5.74, 6) is -0.672. The maximum atomic E-state index is 13.1. The third-order valence-corrected chi connectivity index (χ3v) is 7.57. The molecule has 1 aromatic carbocycles. The van der Waals surface area contributed by atoms with E-state index in [9.17, 15) is 26.4 Å². The Bertz CT molecular complexity index is 905. The van der Waals surface area contributed by atoms with Gasteiger partial charge in [-0.25, -0.2) is 8.42 Å². The van der Waals surface area contributed by atoms with Crippen LogP contribution in [0.3, 0.4) is 0 Å². The molecule has 5 nitrogen and oxygen atoms in total. The molecule has 0 aromatic heterocycles. The first-order valence-electron chi connectivity index (χ1n) is 8.25. The number of sulfone groups is 1. The van der Waals surface area contributed by atoms with Crippen molar-refractivity contribution in [3.05, 3.63) is 29.8 Å². The van der Waals surface area contributed by atoms with Crippen LogP contribution in [-0.4, -0.2) is 42.3 Å². The van der Waals surface area contributed by atoms with E-state index in [1.54, 1.807) is 20.8 Å². The number of benzene rings is 1. The molecule has 1 amide bonds. The van der Waals surface area contributed by atoms with Crippen molar-refractivity contribution < 1.29 is 26.4 Å². The van der Waals surface area contributed by atoms with Gasteiger partial charge in [0.2, 0.25) is 0 Å². The molecule has 2 heterocycles. The highest BCUT2D eigenvalue weighted by atomic mass is 32.2. The number of amidine groups is 1. The fourth-order valence-electron chi connectivity index (χ4n) is 2.95. The van der Waals surface area contributed by atoms with Crippen LogP contribution < -0.4 is 4.90 Å². The Labute approximate surface area is 159 Å². The molecule has 2 aliphatic heterocycles. The maximum Gasteiger partial charge on any atom is 0.416 e. The van der Waals surface area contributed by atoms with Gasteiger partial charge in [0.1, 0.15) is 0 Å². The zero-order valence-corrected chi connectivity index (χ0v) is 16.6. The van der Waals surface area contributed by atoms with E-state index in [0.717, 1.165) is 23.9 Å². The van der Waals surface area contributed by atoms with Gasteiger partial charge in [-0.05, 0) is 18.2 Å². The fraction of sp³-hybridized carbons (Fsp3) is 0.529. The number of halogens is 3. The Balaban J connectivity index is 2.07. The molecule has 2 aliphatic rings. The van der Waals surface area contributed by atoms with Crippen LogP contribution in [0.4, 0.5) is 18.9 Å². The number of anilines is 1. The van der Waals surface area contributed by atoms with Crippen molar-refractivity contribution in [1.82, 2.24) is 0 Å². The molecule has 0 saturated carbocycles. The number of aliphatic imine (C=N–C) groups is 1. The Morgan fingerprint density at radius 1 is 1.22 bits per heavy atom. The molecule has 0 radical (unpaired) electrons. The monoisotopic (exact) mass is 420 g/mol.